The van der Waals surface area contributed by atoms with Crippen molar-refractivity contribution in [3.8, 4) is 0 Å². The molecule has 1 aliphatic heterocycles. The molecule has 0 saturated carbocycles. The van der Waals surface area contributed by atoms with Gasteiger partial charge in [-0.05, 0) is 28.1 Å². The Morgan fingerprint density at radius 1 is 1.44 bits per heavy atom. The first-order valence-electron chi connectivity index (χ1n) is 4.74. The van der Waals surface area contributed by atoms with E-state index in [2.05, 4.69) is 21.2 Å². The van der Waals surface area contributed by atoms with Gasteiger partial charge in [0.15, 0.2) is 9.84 Å². The molecule has 0 saturated heterocycles. The summed E-state index contributed by atoms with van der Waals surface area (Å²) < 4.78 is 24.6. The lowest BCUT2D eigenvalue weighted by molar-refractivity contribution is -0.118. The minimum atomic E-state index is -3.42. The molecule has 6 heteroatoms. The largest absolute Gasteiger partial charge is 0.325 e. The van der Waals surface area contributed by atoms with Gasteiger partial charge in [-0.15, -0.1) is 0 Å². The summed E-state index contributed by atoms with van der Waals surface area (Å²) in [6.45, 7) is 1.60. The fourth-order valence-electron chi connectivity index (χ4n) is 1.67. The molecule has 0 aromatic heterocycles. The minimum Gasteiger partial charge on any atom is -0.325 e. The Hall–Kier alpha value is -0.880. The van der Waals surface area contributed by atoms with Crippen LogP contribution in [0, 0.1) is 5.92 Å². The van der Waals surface area contributed by atoms with Crippen molar-refractivity contribution in [1.29, 1.82) is 0 Å². The SMILES string of the molecule is CC1CS(=O)(=O)c2c(Br)cccc2NC1=O. The van der Waals surface area contributed by atoms with Gasteiger partial charge in [-0.3, -0.25) is 4.79 Å². The van der Waals surface area contributed by atoms with Crippen molar-refractivity contribution in [3.63, 3.8) is 0 Å². The van der Waals surface area contributed by atoms with Crippen LogP contribution in [0.4, 0.5) is 5.69 Å². The molecular weight excluding hydrogens is 294 g/mol. The number of anilines is 1. The molecule has 0 fully saturated rings. The molecule has 16 heavy (non-hydrogen) atoms. The van der Waals surface area contributed by atoms with Gasteiger partial charge in [0, 0.05) is 10.4 Å². The van der Waals surface area contributed by atoms with Gasteiger partial charge < -0.3 is 5.32 Å². The topological polar surface area (TPSA) is 63.2 Å². The van der Waals surface area contributed by atoms with Gasteiger partial charge in [-0.1, -0.05) is 13.0 Å². The lowest BCUT2D eigenvalue weighted by atomic mass is 10.2. The molecule has 1 unspecified atom stereocenters. The number of carbonyl (C=O) groups excluding carboxylic acids is 1. The summed E-state index contributed by atoms with van der Waals surface area (Å²) in [6, 6.07) is 4.93. The molecule has 86 valence electrons. The van der Waals surface area contributed by atoms with Crippen molar-refractivity contribution in [3.05, 3.63) is 22.7 Å². The van der Waals surface area contributed by atoms with Gasteiger partial charge >= 0.3 is 0 Å². The summed E-state index contributed by atoms with van der Waals surface area (Å²) in [5.41, 5.74) is 0.351. The zero-order valence-corrected chi connectivity index (χ0v) is 10.9. The second-order valence-corrected chi connectivity index (χ2v) is 6.61. The summed E-state index contributed by atoms with van der Waals surface area (Å²) in [5, 5.41) is 2.62. The van der Waals surface area contributed by atoms with Crippen LogP contribution in [0.15, 0.2) is 27.6 Å². The maximum absolute atomic E-state index is 12.0. The smallest absolute Gasteiger partial charge is 0.228 e. The van der Waals surface area contributed by atoms with E-state index in [0.717, 1.165) is 0 Å². The minimum absolute atomic E-state index is 0.158. The molecule has 2 rings (SSSR count). The maximum Gasteiger partial charge on any atom is 0.228 e. The van der Waals surface area contributed by atoms with Crippen LogP contribution < -0.4 is 5.32 Å². The highest BCUT2D eigenvalue weighted by Gasteiger charge is 2.31. The Bertz CT molecular complexity index is 553. The zero-order chi connectivity index (χ0) is 11.9. The number of sulfone groups is 1. The Morgan fingerprint density at radius 3 is 2.81 bits per heavy atom. The van der Waals surface area contributed by atoms with E-state index in [4.69, 9.17) is 0 Å². The van der Waals surface area contributed by atoms with Crippen LogP contribution in [0.25, 0.3) is 0 Å². The first kappa shape index (κ1) is 11.6. The predicted molar refractivity (Wildman–Crippen MR) is 64.0 cm³/mol. The number of halogens is 1. The Balaban J connectivity index is 2.71. The highest BCUT2D eigenvalue weighted by Crippen LogP contribution is 2.33. The molecule has 0 bridgehead atoms. The summed E-state index contributed by atoms with van der Waals surface area (Å²) in [7, 11) is -3.42. The lowest BCUT2D eigenvalue weighted by Gasteiger charge is -2.07. The van der Waals surface area contributed by atoms with Crippen molar-refractivity contribution in [2.24, 2.45) is 5.92 Å². The maximum atomic E-state index is 12.0. The number of benzene rings is 1. The summed E-state index contributed by atoms with van der Waals surface area (Å²) in [4.78, 5) is 11.8. The van der Waals surface area contributed by atoms with Crippen molar-refractivity contribution < 1.29 is 13.2 Å². The Labute approximate surface area is 102 Å². The van der Waals surface area contributed by atoms with E-state index in [1.807, 2.05) is 0 Å². The van der Waals surface area contributed by atoms with Crippen molar-refractivity contribution in [2.45, 2.75) is 11.8 Å². The number of fused-ring (bicyclic) bond motifs is 1. The molecule has 0 radical (unpaired) electrons. The Morgan fingerprint density at radius 2 is 2.12 bits per heavy atom. The van der Waals surface area contributed by atoms with Crippen LogP contribution in [-0.2, 0) is 14.6 Å². The number of rotatable bonds is 0. The average Bonchev–Trinajstić information content (AvgIpc) is 2.23. The molecule has 1 aromatic carbocycles. The van der Waals surface area contributed by atoms with Crippen LogP contribution in [-0.4, -0.2) is 20.1 Å². The second-order valence-electron chi connectivity index (χ2n) is 3.79. The molecule has 1 N–H and O–H groups in total. The quantitative estimate of drug-likeness (QED) is 0.795. The third-order valence-corrected chi connectivity index (χ3v) is 5.38. The van der Waals surface area contributed by atoms with Crippen LogP contribution in [0.5, 0.6) is 0 Å². The fraction of sp³-hybridized carbons (Fsp3) is 0.300. The van der Waals surface area contributed by atoms with Crippen molar-refractivity contribution in [1.82, 2.24) is 0 Å². The standard InChI is InChI=1S/C10H10BrNO3S/c1-6-5-16(14,15)9-7(11)3-2-4-8(9)12-10(6)13/h2-4,6H,5H2,1H3,(H,12,13). The van der Waals surface area contributed by atoms with E-state index >= 15 is 0 Å². The van der Waals surface area contributed by atoms with Crippen molar-refractivity contribution in [2.75, 3.05) is 11.1 Å². The first-order chi connectivity index (χ1) is 7.42. The summed E-state index contributed by atoms with van der Waals surface area (Å²) >= 11 is 3.20. The monoisotopic (exact) mass is 303 g/mol. The molecule has 4 nitrogen and oxygen atoms in total. The van der Waals surface area contributed by atoms with Gasteiger partial charge in [-0.25, -0.2) is 8.42 Å². The molecule has 0 spiro atoms. The van der Waals surface area contributed by atoms with Crippen LogP contribution in [0.2, 0.25) is 0 Å². The highest BCUT2D eigenvalue weighted by atomic mass is 79.9. The average molecular weight is 304 g/mol. The summed E-state index contributed by atoms with van der Waals surface area (Å²) in [5.74, 6) is -0.959. The number of carbonyl (C=O) groups is 1. The highest BCUT2D eigenvalue weighted by molar-refractivity contribution is 9.10. The first-order valence-corrected chi connectivity index (χ1v) is 7.18. The number of amides is 1. The van der Waals surface area contributed by atoms with Gasteiger partial charge in [0.25, 0.3) is 0 Å². The molecule has 1 heterocycles. The molecule has 1 amide bonds. The Kier molecular flexibility index (Phi) is 2.79. The third-order valence-electron chi connectivity index (χ3n) is 2.45. The fourth-order valence-corrected chi connectivity index (χ4v) is 4.57. The second kappa shape index (κ2) is 3.85. The van der Waals surface area contributed by atoms with Crippen LogP contribution in [0.1, 0.15) is 6.92 Å². The van der Waals surface area contributed by atoms with E-state index in [1.165, 1.54) is 0 Å². The van der Waals surface area contributed by atoms with E-state index in [1.54, 1.807) is 25.1 Å². The third kappa shape index (κ3) is 1.87. The molecule has 1 aliphatic rings. The number of hydrogen-bond donors (Lipinski definition) is 1. The van der Waals surface area contributed by atoms with E-state index in [-0.39, 0.29) is 16.6 Å². The molecule has 1 atom stereocenters. The normalized spacial score (nSPS) is 23.1. The zero-order valence-electron chi connectivity index (χ0n) is 8.53. The van der Waals surface area contributed by atoms with E-state index in [9.17, 15) is 13.2 Å². The molecule has 1 aromatic rings. The summed E-state index contributed by atoms with van der Waals surface area (Å²) in [6.07, 6.45) is 0. The number of hydrogen-bond acceptors (Lipinski definition) is 3. The van der Waals surface area contributed by atoms with Crippen LogP contribution >= 0.6 is 15.9 Å². The van der Waals surface area contributed by atoms with E-state index in [0.29, 0.717) is 10.2 Å². The predicted octanol–water partition coefficient (Wildman–Crippen LogP) is 1.81. The van der Waals surface area contributed by atoms with E-state index < -0.39 is 15.8 Å². The molecule has 0 aliphatic carbocycles. The number of nitrogens with one attached hydrogen (secondary N) is 1. The van der Waals surface area contributed by atoms with Gasteiger partial charge in [0.2, 0.25) is 5.91 Å². The molecular formula is C10H10BrNO3S. The lowest BCUT2D eigenvalue weighted by Crippen LogP contribution is -2.22. The van der Waals surface area contributed by atoms with Gasteiger partial charge in [-0.2, -0.15) is 0 Å². The van der Waals surface area contributed by atoms with Gasteiger partial charge in [0.05, 0.1) is 11.4 Å². The van der Waals surface area contributed by atoms with Crippen molar-refractivity contribution >= 4 is 37.4 Å². The van der Waals surface area contributed by atoms with Gasteiger partial charge in [0.1, 0.15) is 4.90 Å². The van der Waals surface area contributed by atoms with Crippen LogP contribution in [0.3, 0.4) is 0 Å².